The Hall–Kier alpha value is -3.06. The third-order valence-corrected chi connectivity index (χ3v) is 4.58. The Kier molecular flexibility index (Phi) is 5.61. The summed E-state index contributed by atoms with van der Waals surface area (Å²) in [7, 11) is 1.40. The van der Waals surface area contributed by atoms with Crippen molar-refractivity contribution < 1.29 is 19.4 Å². The molecule has 3 N–H and O–H groups in total. The second-order valence-corrected chi connectivity index (χ2v) is 6.46. The van der Waals surface area contributed by atoms with Crippen molar-refractivity contribution in [3.8, 4) is 11.5 Å². The number of halogens is 1. The van der Waals surface area contributed by atoms with Gasteiger partial charge in [-0.25, -0.2) is 5.43 Å². The Bertz CT molecular complexity index is 886. The number of amides is 2. The molecule has 2 atom stereocenters. The van der Waals surface area contributed by atoms with Crippen molar-refractivity contribution in [2.75, 3.05) is 13.7 Å². The van der Waals surface area contributed by atoms with E-state index in [1.165, 1.54) is 25.5 Å². The van der Waals surface area contributed by atoms with Gasteiger partial charge >= 0.3 is 0 Å². The highest BCUT2D eigenvalue weighted by Crippen LogP contribution is 2.32. The average molecular weight is 388 g/mol. The molecule has 140 valence electrons. The summed E-state index contributed by atoms with van der Waals surface area (Å²) in [5.74, 6) is -1.98. The van der Waals surface area contributed by atoms with E-state index in [1.54, 1.807) is 0 Å². The van der Waals surface area contributed by atoms with Gasteiger partial charge in [-0.2, -0.15) is 5.10 Å². The molecule has 3 rings (SSSR count). The number of phenols is 1. The number of ether oxygens (including phenoxy) is 1. The molecule has 1 fully saturated rings. The summed E-state index contributed by atoms with van der Waals surface area (Å²) < 4.78 is 5.02. The Balaban J connectivity index is 1.74. The van der Waals surface area contributed by atoms with E-state index in [9.17, 15) is 14.7 Å². The second kappa shape index (κ2) is 8.09. The zero-order chi connectivity index (χ0) is 19.4. The number of hydrogen-bond donors (Lipinski definition) is 3. The van der Waals surface area contributed by atoms with Crippen molar-refractivity contribution in [1.29, 1.82) is 0 Å². The molecule has 0 aromatic heterocycles. The lowest BCUT2D eigenvalue weighted by molar-refractivity contribution is -0.133. The molecule has 1 aliphatic rings. The number of aromatic hydroxyl groups is 1. The molecule has 1 heterocycles. The third-order valence-electron chi connectivity index (χ3n) is 4.36. The molecule has 0 bridgehead atoms. The molecule has 2 amide bonds. The molecule has 27 heavy (non-hydrogen) atoms. The van der Waals surface area contributed by atoms with Crippen LogP contribution in [0.4, 0.5) is 0 Å². The minimum absolute atomic E-state index is 0.152. The molecule has 1 aliphatic heterocycles. The lowest BCUT2D eigenvalue weighted by atomic mass is 9.88. The summed E-state index contributed by atoms with van der Waals surface area (Å²) in [5, 5.41) is 17.0. The molecule has 7 nitrogen and oxygen atoms in total. The SMILES string of the molecule is COc1cc(Cl)cc(C=NNC(=O)C2C(=O)NCC2c2ccccc2)c1O. The summed E-state index contributed by atoms with van der Waals surface area (Å²) >= 11 is 5.96. The number of carbonyl (C=O) groups is 2. The number of carbonyl (C=O) groups excluding carboxylic acids is 2. The summed E-state index contributed by atoms with van der Waals surface area (Å²) in [5.41, 5.74) is 3.54. The predicted molar refractivity (Wildman–Crippen MR) is 101 cm³/mol. The lowest BCUT2D eigenvalue weighted by Gasteiger charge is -2.15. The van der Waals surface area contributed by atoms with Crippen molar-refractivity contribution in [1.82, 2.24) is 10.7 Å². The molecule has 2 aromatic rings. The quantitative estimate of drug-likeness (QED) is 0.415. The Morgan fingerprint density at radius 2 is 2.11 bits per heavy atom. The van der Waals surface area contributed by atoms with Crippen LogP contribution >= 0.6 is 11.6 Å². The number of phenolic OH excluding ortho intramolecular Hbond substituents is 1. The highest BCUT2D eigenvalue weighted by Gasteiger charge is 2.40. The summed E-state index contributed by atoms with van der Waals surface area (Å²) in [6.07, 6.45) is 1.24. The number of methoxy groups -OCH3 is 1. The van der Waals surface area contributed by atoms with Crippen LogP contribution in [0.1, 0.15) is 17.0 Å². The van der Waals surface area contributed by atoms with Gasteiger partial charge in [0, 0.05) is 29.1 Å². The Morgan fingerprint density at radius 3 is 2.81 bits per heavy atom. The maximum atomic E-state index is 12.5. The van der Waals surface area contributed by atoms with Crippen LogP contribution in [0.25, 0.3) is 0 Å². The molecule has 8 heteroatoms. The maximum absolute atomic E-state index is 12.5. The highest BCUT2D eigenvalue weighted by atomic mass is 35.5. The van der Waals surface area contributed by atoms with Crippen LogP contribution in [0.15, 0.2) is 47.6 Å². The number of nitrogens with zero attached hydrogens (tertiary/aromatic N) is 1. The van der Waals surface area contributed by atoms with Gasteiger partial charge in [0.1, 0.15) is 5.92 Å². The monoisotopic (exact) mass is 387 g/mol. The lowest BCUT2D eigenvalue weighted by Crippen LogP contribution is -2.34. The first-order valence-corrected chi connectivity index (χ1v) is 8.61. The zero-order valence-corrected chi connectivity index (χ0v) is 15.2. The Labute approximate surface area is 161 Å². The van der Waals surface area contributed by atoms with E-state index in [2.05, 4.69) is 15.8 Å². The fourth-order valence-electron chi connectivity index (χ4n) is 3.02. The number of hydrazone groups is 1. The van der Waals surface area contributed by atoms with Crippen molar-refractivity contribution in [3.05, 3.63) is 58.6 Å². The minimum atomic E-state index is -0.882. The smallest absolute Gasteiger partial charge is 0.253 e. The van der Waals surface area contributed by atoms with E-state index in [0.29, 0.717) is 11.6 Å². The normalized spacial score (nSPS) is 19.1. The molecular weight excluding hydrogens is 370 g/mol. The average Bonchev–Trinajstić information content (AvgIpc) is 3.06. The fraction of sp³-hybridized carbons (Fsp3) is 0.211. The van der Waals surface area contributed by atoms with Gasteiger partial charge in [0.2, 0.25) is 5.91 Å². The van der Waals surface area contributed by atoms with Crippen LogP contribution in [-0.4, -0.2) is 36.8 Å². The first-order valence-electron chi connectivity index (χ1n) is 8.23. The van der Waals surface area contributed by atoms with Gasteiger partial charge in [0.05, 0.1) is 13.3 Å². The molecular formula is C19H18ClN3O4. The van der Waals surface area contributed by atoms with Gasteiger partial charge < -0.3 is 15.2 Å². The zero-order valence-electron chi connectivity index (χ0n) is 14.5. The standard InChI is InChI=1S/C19H18ClN3O4/c1-27-15-8-13(20)7-12(17(15)24)9-22-23-19(26)16-14(10-21-18(16)25)11-5-3-2-4-6-11/h2-9,14,16,24H,10H2,1H3,(H,21,25)(H,23,26). The van der Waals surface area contributed by atoms with Gasteiger partial charge in [-0.15, -0.1) is 0 Å². The van der Waals surface area contributed by atoms with Gasteiger partial charge in [0.15, 0.2) is 11.5 Å². The van der Waals surface area contributed by atoms with Crippen molar-refractivity contribution in [3.63, 3.8) is 0 Å². The first kappa shape index (κ1) is 18.7. The molecule has 1 saturated heterocycles. The van der Waals surface area contributed by atoms with Crippen LogP contribution in [0.5, 0.6) is 11.5 Å². The van der Waals surface area contributed by atoms with Gasteiger partial charge in [-0.3, -0.25) is 9.59 Å². The van der Waals surface area contributed by atoms with E-state index < -0.39 is 11.8 Å². The van der Waals surface area contributed by atoms with Gasteiger partial charge in [0.25, 0.3) is 5.91 Å². The van der Waals surface area contributed by atoms with Crippen molar-refractivity contribution in [2.24, 2.45) is 11.0 Å². The van der Waals surface area contributed by atoms with Crippen LogP contribution in [0.3, 0.4) is 0 Å². The van der Waals surface area contributed by atoms with E-state index in [0.717, 1.165) is 5.56 Å². The summed E-state index contributed by atoms with van der Waals surface area (Å²) in [6, 6.07) is 12.3. The number of nitrogens with one attached hydrogen (secondary N) is 2. The van der Waals surface area contributed by atoms with Gasteiger partial charge in [-0.05, 0) is 11.6 Å². The van der Waals surface area contributed by atoms with E-state index in [4.69, 9.17) is 16.3 Å². The molecule has 2 aromatic carbocycles. The summed E-state index contributed by atoms with van der Waals surface area (Å²) in [6.45, 7) is 0.386. The number of benzene rings is 2. The summed E-state index contributed by atoms with van der Waals surface area (Å²) in [4.78, 5) is 24.6. The fourth-order valence-corrected chi connectivity index (χ4v) is 3.23. The topological polar surface area (TPSA) is 100 Å². The molecule has 0 saturated carbocycles. The van der Waals surface area contributed by atoms with Crippen LogP contribution < -0.4 is 15.5 Å². The van der Waals surface area contributed by atoms with Crippen LogP contribution in [-0.2, 0) is 9.59 Å². The molecule has 0 spiro atoms. The minimum Gasteiger partial charge on any atom is -0.504 e. The van der Waals surface area contributed by atoms with Crippen LogP contribution in [0.2, 0.25) is 5.02 Å². The van der Waals surface area contributed by atoms with Gasteiger partial charge in [-0.1, -0.05) is 41.9 Å². The number of rotatable bonds is 5. The molecule has 0 radical (unpaired) electrons. The molecule has 2 unspecified atom stereocenters. The third kappa shape index (κ3) is 4.03. The van der Waals surface area contributed by atoms with E-state index >= 15 is 0 Å². The molecule has 0 aliphatic carbocycles. The Morgan fingerprint density at radius 1 is 1.37 bits per heavy atom. The van der Waals surface area contributed by atoms with E-state index in [-0.39, 0.29) is 28.9 Å². The first-order chi connectivity index (χ1) is 13.0. The van der Waals surface area contributed by atoms with Crippen LogP contribution in [0, 0.1) is 5.92 Å². The van der Waals surface area contributed by atoms with Crippen molar-refractivity contribution in [2.45, 2.75) is 5.92 Å². The highest BCUT2D eigenvalue weighted by molar-refractivity contribution is 6.31. The van der Waals surface area contributed by atoms with Crippen molar-refractivity contribution >= 4 is 29.6 Å². The maximum Gasteiger partial charge on any atom is 0.253 e. The van der Waals surface area contributed by atoms with E-state index in [1.807, 2.05) is 30.3 Å². The number of hydrogen-bond acceptors (Lipinski definition) is 5. The largest absolute Gasteiger partial charge is 0.504 e. The predicted octanol–water partition coefficient (Wildman–Crippen LogP) is 2.03. The second-order valence-electron chi connectivity index (χ2n) is 6.02.